The van der Waals surface area contributed by atoms with Crippen LogP contribution in [0.1, 0.15) is 36.8 Å². The SMILES string of the molecule is CC1CC(N(C)C(=O)C(CN)c2ccccc2)CCN1Cc1ccccc1.Cl.Cl. The zero-order valence-corrected chi connectivity index (χ0v) is 18.9. The number of nitrogens with zero attached hydrogens (tertiary/aromatic N) is 2. The predicted octanol–water partition coefficient (Wildman–Crippen LogP) is 4.08. The summed E-state index contributed by atoms with van der Waals surface area (Å²) >= 11 is 0. The van der Waals surface area contributed by atoms with Gasteiger partial charge in [-0.1, -0.05) is 60.7 Å². The maximum Gasteiger partial charge on any atom is 0.231 e. The van der Waals surface area contributed by atoms with E-state index in [1.165, 1.54) is 5.56 Å². The van der Waals surface area contributed by atoms with E-state index in [0.29, 0.717) is 12.6 Å². The van der Waals surface area contributed by atoms with E-state index in [2.05, 4.69) is 42.2 Å². The summed E-state index contributed by atoms with van der Waals surface area (Å²) in [6.07, 6.45) is 2.01. The van der Waals surface area contributed by atoms with Crippen LogP contribution >= 0.6 is 24.8 Å². The molecule has 29 heavy (non-hydrogen) atoms. The number of hydrogen-bond acceptors (Lipinski definition) is 3. The van der Waals surface area contributed by atoms with Gasteiger partial charge in [-0.05, 0) is 30.9 Å². The lowest BCUT2D eigenvalue weighted by atomic mass is 9.93. The van der Waals surface area contributed by atoms with E-state index in [4.69, 9.17) is 5.73 Å². The summed E-state index contributed by atoms with van der Waals surface area (Å²) in [5.74, 6) is -0.119. The first-order valence-corrected chi connectivity index (χ1v) is 9.89. The van der Waals surface area contributed by atoms with Crippen molar-refractivity contribution in [1.29, 1.82) is 0 Å². The number of carbonyl (C=O) groups is 1. The molecule has 0 aromatic heterocycles. The molecule has 0 saturated carbocycles. The van der Waals surface area contributed by atoms with Gasteiger partial charge in [0.15, 0.2) is 0 Å². The smallest absolute Gasteiger partial charge is 0.231 e. The molecule has 0 bridgehead atoms. The molecule has 6 heteroatoms. The molecule has 1 aliphatic rings. The zero-order chi connectivity index (χ0) is 19.2. The molecule has 1 fully saturated rings. The lowest BCUT2D eigenvalue weighted by Crippen LogP contribution is -2.50. The number of halogens is 2. The fourth-order valence-electron chi connectivity index (χ4n) is 4.09. The van der Waals surface area contributed by atoms with Crippen molar-refractivity contribution in [3.05, 3.63) is 71.8 Å². The summed E-state index contributed by atoms with van der Waals surface area (Å²) in [4.78, 5) is 17.5. The molecule has 3 rings (SSSR count). The second-order valence-corrected chi connectivity index (χ2v) is 7.63. The molecule has 1 amide bonds. The Morgan fingerprint density at radius 2 is 1.69 bits per heavy atom. The molecule has 3 unspecified atom stereocenters. The van der Waals surface area contributed by atoms with Crippen LogP contribution in [0.3, 0.4) is 0 Å². The summed E-state index contributed by atoms with van der Waals surface area (Å²) in [6, 6.07) is 21.2. The highest BCUT2D eigenvalue weighted by molar-refractivity contribution is 5.85. The molecule has 160 valence electrons. The van der Waals surface area contributed by atoms with E-state index in [-0.39, 0.29) is 42.7 Å². The Morgan fingerprint density at radius 3 is 2.24 bits per heavy atom. The van der Waals surface area contributed by atoms with Crippen molar-refractivity contribution in [2.24, 2.45) is 5.73 Å². The molecular formula is C23H33Cl2N3O. The van der Waals surface area contributed by atoms with Crippen LogP contribution in [0.2, 0.25) is 0 Å². The van der Waals surface area contributed by atoms with Crippen molar-refractivity contribution in [3.63, 3.8) is 0 Å². The van der Waals surface area contributed by atoms with Crippen molar-refractivity contribution in [2.75, 3.05) is 20.1 Å². The van der Waals surface area contributed by atoms with Gasteiger partial charge >= 0.3 is 0 Å². The molecule has 1 aliphatic heterocycles. The van der Waals surface area contributed by atoms with Gasteiger partial charge in [-0.3, -0.25) is 9.69 Å². The fraction of sp³-hybridized carbons (Fsp3) is 0.435. The Bertz CT molecular complexity index is 729. The van der Waals surface area contributed by atoms with E-state index in [9.17, 15) is 4.79 Å². The molecule has 1 saturated heterocycles. The van der Waals surface area contributed by atoms with Gasteiger partial charge in [-0.15, -0.1) is 24.8 Å². The van der Waals surface area contributed by atoms with E-state index < -0.39 is 0 Å². The van der Waals surface area contributed by atoms with Crippen molar-refractivity contribution in [3.8, 4) is 0 Å². The Labute approximate surface area is 187 Å². The fourth-order valence-corrected chi connectivity index (χ4v) is 4.09. The van der Waals surface area contributed by atoms with E-state index in [1.54, 1.807) is 0 Å². The normalized spacial score (nSPS) is 20.1. The van der Waals surface area contributed by atoms with E-state index in [1.807, 2.05) is 42.3 Å². The van der Waals surface area contributed by atoms with Crippen molar-refractivity contribution >= 4 is 30.7 Å². The number of likely N-dealkylation sites (N-methyl/N-ethyl adjacent to an activating group) is 1. The summed E-state index contributed by atoms with van der Waals surface area (Å²) < 4.78 is 0. The molecule has 2 aromatic carbocycles. The number of hydrogen-bond donors (Lipinski definition) is 1. The van der Waals surface area contributed by atoms with Crippen LogP contribution in [0.4, 0.5) is 0 Å². The van der Waals surface area contributed by atoms with Gasteiger partial charge in [0, 0.05) is 38.8 Å². The highest BCUT2D eigenvalue weighted by Crippen LogP contribution is 2.26. The van der Waals surface area contributed by atoms with Crippen LogP contribution < -0.4 is 5.73 Å². The average Bonchev–Trinajstić information content (AvgIpc) is 2.71. The lowest BCUT2D eigenvalue weighted by Gasteiger charge is -2.42. The van der Waals surface area contributed by atoms with E-state index >= 15 is 0 Å². The first-order chi connectivity index (χ1) is 13.1. The first kappa shape index (κ1) is 25.4. The second-order valence-electron chi connectivity index (χ2n) is 7.63. The summed E-state index contributed by atoms with van der Waals surface area (Å²) in [7, 11) is 1.94. The minimum Gasteiger partial charge on any atom is -0.342 e. The zero-order valence-electron chi connectivity index (χ0n) is 17.2. The number of rotatable bonds is 6. The third kappa shape index (κ3) is 6.45. The van der Waals surface area contributed by atoms with Gasteiger partial charge in [0.25, 0.3) is 0 Å². The number of likely N-dealkylation sites (tertiary alicyclic amines) is 1. The van der Waals surface area contributed by atoms with Crippen molar-refractivity contribution < 1.29 is 4.79 Å². The van der Waals surface area contributed by atoms with Crippen LogP contribution in [0.25, 0.3) is 0 Å². The summed E-state index contributed by atoms with van der Waals surface area (Å²) in [5, 5.41) is 0. The largest absolute Gasteiger partial charge is 0.342 e. The van der Waals surface area contributed by atoms with Crippen molar-refractivity contribution in [1.82, 2.24) is 9.80 Å². The monoisotopic (exact) mass is 437 g/mol. The average molecular weight is 438 g/mol. The number of piperidine rings is 1. The quantitative estimate of drug-likeness (QED) is 0.740. The topological polar surface area (TPSA) is 49.6 Å². The van der Waals surface area contributed by atoms with E-state index in [0.717, 1.165) is 31.5 Å². The molecule has 1 heterocycles. The van der Waals surface area contributed by atoms with Crippen LogP contribution in [-0.4, -0.2) is 47.9 Å². The van der Waals surface area contributed by atoms with Gasteiger partial charge in [-0.2, -0.15) is 0 Å². The maximum absolute atomic E-state index is 13.1. The number of carbonyl (C=O) groups excluding carboxylic acids is 1. The molecule has 2 aromatic rings. The summed E-state index contributed by atoms with van der Waals surface area (Å²) in [5.41, 5.74) is 8.31. The Kier molecular flexibility index (Phi) is 10.7. The highest BCUT2D eigenvalue weighted by Gasteiger charge is 2.32. The van der Waals surface area contributed by atoms with Gasteiger partial charge < -0.3 is 10.6 Å². The van der Waals surface area contributed by atoms with Crippen LogP contribution in [-0.2, 0) is 11.3 Å². The Balaban J connectivity index is 0.00000210. The van der Waals surface area contributed by atoms with Crippen LogP contribution in [0.5, 0.6) is 0 Å². The molecule has 0 radical (unpaired) electrons. The molecule has 0 spiro atoms. The number of benzene rings is 2. The number of nitrogens with two attached hydrogens (primary N) is 1. The third-order valence-corrected chi connectivity index (χ3v) is 5.85. The van der Waals surface area contributed by atoms with Crippen LogP contribution in [0, 0.1) is 0 Å². The predicted molar refractivity (Wildman–Crippen MR) is 125 cm³/mol. The Morgan fingerprint density at radius 1 is 1.10 bits per heavy atom. The molecule has 3 atom stereocenters. The second kappa shape index (κ2) is 12.2. The van der Waals surface area contributed by atoms with Crippen LogP contribution in [0.15, 0.2) is 60.7 Å². The molecule has 4 nitrogen and oxygen atoms in total. The van der Waals surface area contributed by atoms with Gasteiger partial charge in [0.05, 0.1) is 5.92 Å². The third-order valence-electron chi connectivity index (χ3n) is 5.85. The first-order valence-electron chi connectivity index (χ1n) is 9.89. The molecule has 2 N–H and O–H groups in total. The lowest BCUT2D eigenvalue weighted by molar-refractivity contribution is -0.134. The highest BCUT2D eigenvalue weighted by atomic mass is 35.5. The number of amides is 1. The van der Waals surface area contributed by atoms with Gasteiger partial charge in [0.1, 0.15) is 0 Å². The Hall–Kier alpha value is -1.59. The van der Waals surface area contributed by atoms with Gasteiger partial charge in [-0.25, -0.2) is 0 Å². The maximum atomic E-state index is 13.1. The molecule has 0 aliphatic carbocycles. The van der Waals surface area contributed by atoms with Crippen molar-refractivity contribution in [2.45, 2.75) is 44.3 Å². The molecular weight excluding hydrogens is 405 g/mol. The summed E-state index contributed by atoms with van der Waals surface area (Å²) in [6.45, 7) is 4.60. The van der Waals surface area contributed by atoms with Gasteiger partial charge in [0.2, 0.25) is 5.91 Å². The minimum absolute atomic E-state index is 0. The minimum atomic E-state index is -0.256. The standard InChI is InChI=1S/C23H31N3O.2ClH/c1-18-15-21(13-14-26(18)17-19-9-5-3-6-10-19)25(2)23(27)22(16-24)20-11-7-4-8-12-20;;/h3-12,18,21-22H,13-17,24H2,1-2H3;2*1H.